The summed E-state index contributed by atoms with van der Waals surface area (Å²) in [5.41, 5.74) is 2.25. The first kappa shape index (κ1) is 30.0. The number of nitrogens with zero attached hydrogens (tertiary/aromatic N) is 1. The molecule has 2 aliphatic rings. The summed E-state index contributed by atoms with van der Waals surface area (Å²) in [6.45, 7) is 15.6. The van der Waals surface area contributed by atoms with Crippen LogP contribution in [0.5, 0.6) is 0 Å². The van der Waals surface area contributed by atoms with Gasteiger partial charge in [-0.25, -0.2) is 4.79 Å². The molecule has 7 heteroatoms. The average Bonchev–Trinajstić information content (AvgIpc) is 3.50. The van der Waals surface area contributed by atoms with Crippen molar-refractivity contribution in [1.82, 2.24) is 15.5 Å². The molecule has 2 saturated carbocycles. The second-order valence-electron chi connectivity index (χ2n) is 13.0. The number of carbonyl (C=O) groups excluding carboxylic acids is 3. The largest absolute Gasteiger partial charge is 0.444 e. The molecule has 2 N–H and O–H groups in total. The van der Waals surface area contributed by atoms with Crippen LogP contribution in [-0.4, -0.2) is 46.5 Å². The predicted octanol–water partition coefficient (Wildman–Crippen LogP) is 5.97. The van der Waals surface area contributed by atoms with Crippen LogP contribution in [-0.2, 0) is 14.3 Å². The van der Waals surface area contributed by atoms with Crippen molar-refractivity contribution < 1.29 is 19.1 Å². The molecule has 1 aromatic carbocycles. The SMILES string of the molecule is Cc1cc(C)cc(C(C(=O)NC2CCCCC2)N(C(=O)C(CC(C)C)NC(=O)OC(C)(C)C)C2CC2C)c1. The van der Waals surface area contributed by atoms with E-state index >= 15 is 0 Å². The summed E-state index contributed by atoms with van der Waals surface area (Å²) in [6, 6.07) is 4.65. The van der Waals surface area contributed by atoms with E-state index in [0.29, 0.717) is 6.42 Å². The van der Waals surface area contributed by atoms with Crippen LogP contribution in [0.15, 0.2) is 18.2 Å². The number of rotatable bonds is 9. The number of alkyl carbamates (subject to hydrolysis) is 1. The molecule has 1 aromatic rings. The Morgan fingerprint density at radius 1 is 1.03 bits per heavy atom. The second kappa shape index (κ2) is 12.5. The average molecular weight is 528 g/mol. The number of amides is 3. The molecule has 4 unspecified atom stereocenters. The Labute approximate surface area is 229 Å². The molecule has 3 rings (SSSR count). The van der Waals surface area contributed by atoms with Crippen molar-refractivity contribution >= 4 is 17.9 Å². The third-order valence-corrected chi connectivity index (χ3v) is 7.41. The van der Waals surface area contributed by atoms with Gasteiger partial charge in [-0.15, -0.1) is 0 Å². The first-order valence-corrected chi connectivity index (χ1v) is 14.5. The minimum atomic E-state index is -0.784. The molecule has 3 amide bonds. The lowest BCUT2D eigenvalue weighted by atomic mass is 9.93. The van der Waals surface area contributed by atoms with Crippen molar-refractivity contribution in [3.05, 3.63) is 34.9 Å². The molecular formula is C31H49N3O4. The molecule has 7 nitrogen and oxygen atoms in total. The van der Waals surface area contributed by atoms with Crippen molar-refractivity contribution in [3.63, 3.8) is 0 Å². The summed E-state index contributed by atoms with van der Waals surface area (Å²) in [7, 11) is 0. The quantitative estimate of drug-likeness (QED) is 0.414. The van der Waals surface area contributed by atoms with E-state index in [1.807, 2.05) is 39.8 Å². The Morgan fingerprint density at radius 3 is 2.11 bits per heavy atom. The van der Waals surface area contributed by atoms with Crippen LogP contribution in [0.25, 0.3) is 0 Å². The van der Waals surface area contributed by atoms with Crippen LogP contribution in [0.1, 0.15) is 109 Å². The van der Waals surface area contributed by atoms with Crippen LogP contribution in [0.3, 0.4) is 0 Å². The molecule has 0 bridgehead atoms. The van der Waals surface area contributed by atoms with E-state index in [4.69, 9.17) is 4.74 Å². The van der Waals surface area contributed by atoms with Crippen molar-refractivity contribution in [2.75, 3.05) is 0 Å². The Morgan fingerprint density at radius 2 is 1.61 bits per heavy atom. The number of ether oxygens (including phenoxy) is 1. The zero-order valence-corrected chi connectivity index (χ0v) is 24.7. The standard InChI is InChI=1S/C31H49N3O4/c1-19(2)14-25(33-30(37)38-31(6,7)8)29(36)34(26-18-22(26)5)27(23-16-20(3)15-21(4)17-23)28(35)32-24-12-10-9-11-13-24/h15-17,19,22,24-27H,9-14,18H2,1-8H3,(H,32,35)(H,33,37). The lowest BCUT2D eigenvalue weighted by Crippen LogP contribution is -2.55. The highest BCUT2D eigenvalue weighted by Crippen LogP contribution is 2.41. The summed E-state index contributed by atoms with van der Waals surface area (Å²) in [4.78, 5) is 43.0. The van der Waals surface area contributed by atoms with Crippen LogP contribution < -0.4 is 10.6 Å². The molecule has 0 heterocycles. The van der Waals surface area contributed by atoms with Crippen molar-refractivity contribution in [1.29, 1.82) is 0 Å². The first-order chi connectivity index (χ1) is 17.7. The van der Waals surface area contributed by atoms with Crippen molar-refractivity contribution in [3.8, 4) is 0 Å². The van der Waals surface area contributed by atoms with E-state index in [-0.39, 0.29) is 35.7 Å². The van der Waals surface area contributed by atoms with Gasteiger partial charge in [-0.3, -0.25) is 9.59 Å². The summed E-state index contributed by atoms with van der Waals surface area (Å²) >= 11 is 0. The van der Waals surface area contributed by atoms with Gasteiger partial charge in [0, 0.05) is 12.1 Å². The molecule has 38 heavy (non-hydrogen) atoms. The maximum absolute atomic E-state index is 14.4. The first-order valence-electron chi connectivity index (χ1n) is 14.5. The van der Waals surface area contributed by atoms with E-state index < -0.39 is 23.8 Å². The minimum Gasteiger partial charge on any atom is -0.444 e. The van der Waals surface area contributed by atoms with Gasteiger partial charge in [0.15, 0.2) is 0 Å². The molecule has 4 atom stereocenters. The van der Waals surface area contributed by atoms with Gasteiger partial charge in [0.2, 0.25) is 11.8 Å². The number of benzene rings is 1. The zero-order chi connectivity index (χ0) is 28.2. The van der Waals surface area contributed by atoms with Gasteiger partial charge >= 0.3 is 6.09 Å². The van der Waals surface area contributed by atoms with Crippen LogP contribution in [0, 0.1) is 25.7 Å². The Balaban J connectivity index is 2.00. The maximum Gasteiger partial charge on any atom is 0.408 e. The normalized spacial score (nSPS) is 21.4. The molecule has 0 aromatic heterocycles. The Hall–Kier alpha value is -2.57. The smallest absolute Gasteiger partial charge is 0.408 e. The van der Waals surface area contributed by atoms with Gasteiger partial charge in [0.05, 0.1) is 0 Å². The van der Waals surface area contributed by atoms with E-state index in [2.05, 4.69) is 23.6 Å². The number of hydrogen-bond acceptors (Lipinski definition) is 4. The topological polar surface area (TPSA) is 87.7 Å². The fraction of sp³-hybridized carbons (Fsp3) is 0.710. The van der Waals surface area contributed by atoms with E-state index in [1.165, 1.54) is 6.42 Å². The van der Waals surface area contributed by atoms with Crippen LogP contribution in [0.4, 0.5) is 4.79 Å². The molecule has 2 fully saturated rings. The molecule has 0 spiro atoms. The third-order valence-electron chi connectivity index (χ3n) is 7.41. The minimum absolute atomic E-state index is 0.0551. The number of aryl methyl sites for hydroxylation is 2. The van der Waals surface area contributed by atoms with E-state index in [1.54, 1.807) is 25.7 Å². The monoisotopic (exact) mass is 527 g/mol. The molecular weight excluding hydrogens is 478 g/mol. The van der Waals surface area contributed by atoms with Gasteiger partial charge in [-0.1, -0.05) is 69.4 Å². The molecule has 0 radical (unpaired) electrons. The van der Waals surface area contributed by atoms with Gasteiger partial charge in [0.25, 0.3) is 0 Å². The summed E-state index contributed by atoms with van der Waals surface area (Å²) in [6.07, 6.45) is 6.03. The lowest BCUT2D eigenvalue weighted by molar-refractivity contribution is -0.144. The van der Waals surface area contributed by atoms with Crippen molar-refractivity contribution in [2.24, 2.45) is 11.8 Å². The van der Waals surface area contributed by atoms with Crippen LogP contribution >= 0.6 is 0 Å². The maximum atomic E-state index is 14.4. The van der Waals surface area contributed by atoms with Gasteiger partial charge in [0.1, 0.15) is 17.7 Å². The van der Waals surface area contributed by atoms with Gasteiger partial charge in [-0.2, -0.15) is 0 Å². The summed E-state index contributed by atoms with van der Waals surface area (Å²) < 4.78 is 5.50. The Kier molecular flexibility index (Phi) is 9.88. The summed E-state index contributed by atoms with van der Waals surface area (Å²) in [5.74, 6) is 0.0981. The molecule has 0 saturated heterocycles. The lowest BCUT2D eigenvalue weighted by Gasteiger charge is -2.36. The molecule has 2 aliphatic carbocycles. The number of hydrogen-bond donors (Lipinski definition) is 2. The summed E-state index contributed by atoms with van der Waals surface area (Å²) in [5, 5.41) is 6.14. The van der Waals surface area contributed by atoms with Crippen molar-refractivity contribution in [2.45, 2.75) is 130 Å². The van der Waals surface area contributed by atoms with Gasteiger partial charge < -0.3 is 20.3 Å². The zero-order valence-electron chi connectivity index (χ0n) is 24.7. The van der Waals surface area contributed by atoms with Gasteiger partial charge in [-0.05, 0) is 77.7 Å². The van der Waals surface area contributed by atoms with E-state index in [0.717, 1.165) is 48.8 Å². The highest BCUT2D eigenvalue weighted by molar-refractivity contribution is 5.92. The fourth-order valence-corrected chi connectivity index (χ4v) is 5.63. The second-order valence-corrected chi connectivity index (χ2v) is 13.0. The Bertz CT molecular complexity index is 973. The van der Waals surface area contributed by atoms with E-state index in [9.17, 15) is 14.4 Å². The van der Waals surface area contributed by atoms with Crippen LogP contribution in [0.2, 0.25) is 0 Å². The highest BCUT2D eigenvalue weighted by atomic mass is 16.6. The number of carbonyl (C=O) groups is 3. The number of nitrogens with one attached hydrogen (secondary N) is 2. The third kappa shape index (κ3) is 8.47. The highest BCUT2D eigenvalue weighted by Gasteiger charge is 2.48. The molecule has 212 valence electrons. The molecule has 0 aliphatic heterocycles. The predicted molar refractivity (Wildman–Crippen MR) is 151 cm³/mol. The fourth-order valence-electron chi connectivity index (χ4n) is 5.63.